The summed E-state index contributed by atoms with van der Waals surface area (Å²) in [5, 5.41) is 7.85. The van der Waals surface area contributed by atoms with E-state index < -0.39 is 0 Å². The maximum Gasteiger partial charge on any atom is 0.191 e. The molecule has 0 unspecified atom stereocenters. The molecule has 2 N–H and O–H groups in total. The van der Waals surface area contributed by atoms with Crippen LogP contribution >= 0.6 is 35.3 Å². The van der Waals surface area contributed by atoms with Gasteiger partial charge in [0.05, 0.1) is 17.8 Å². The lowest BCUT2D eigenvalue weighted by molar-refractivity contribution is 0.217. The van der Waals surface area contributed by atoms with Crippen LogP contribution in [0.4, 0.5) is 0 Å². The molecule has 0 saturated carbocycles. The van der Waals surface area contributed by atoms with Gasteiger partial charge < -0.3 is 25.0 Å². The maximum atomic E-state index is 5.94. The number of ether oxygens (including phenoxy) is 2. The average Bonchev–Trinajstić information content (AvgIpc) is 3.11. The number of benzene rings is 1. The molecule has 7 nitrogen and oxygen atoms in total. The molecule has 1 aromatic carbocycles. The summed E-state index contributed by atoms with van der Waals surface area (Å²) in [5.74, 6) is 2.29. The molecular formula is C23H38IN5O2S. The number of rotatable bonds is 12. The van der Waals surface area contributed by atoms with E-state index in [1.807, 2.05) is 12.1 Å². The van der Waals surface area contributed by atoms with Gasteiger partial charge in [-0.3, -0.25) is 4.99 Å². The third-order valence-corrected chi connectivity index (χ3v) is 6.31. The molecule has 0 aliphatic carbocycles. The molecule has 0 aliphatic rings. The van der Waals surface area contributed by atoms with Gasteiger partial charge >= 0.3 is 0 Å². The number of hydrogen-bond acceptors (Lipinski definition) is 6. The number of nitrogens with one attached hydrogen (secondary N) is 2. The Hall–Kier alpha value is -1.59. The number of halogens is 1. The SMILES string of the molecule is CCN(CC)CCOc1ccc(CNC(=NC)NCCc2nc(C)c(C)s2)cc1OC.I. The summed E-state index contributed by atoms with van der Waals surface area (Å²) in [6.45, 7) is 13.5. The summed E-state index contributed by atoms with van der Waals surface area (Å²) >= 11 is 1.76. The first-order chi connectivity index (χ1) is 15.0. The van der Waals surface area contributed by atoms with Crippen LogP contribution in [0.25, 0.3) is 0 Å². The van der Waals surface area contributed by atoms with E-state index in [2.05, 4.69) is 59.3 Å². The average molecular weight is 576 g/mol. The van der Waals surface area contributed by atoms with Crippen molar-refractivity contribution in [3.8, 4) is 11.5 Å². The van der Waals surface area contributed by atoms with Gasteiger partial charge in [0.25, 0.3) is 0 Å². The quantitative estimate of drug-likeness (QED) is 0.227. The predicted octanol–water partition coefficient (Wildman–Crippen LogP) is 4.01. The molecule has 1 aromatic heterocycles. The Bertz CT molecular complexity index is 820. The number of methoxy groups -OCH3 is 1. The molecule has 2 aromatic rings. The van der Waals surface area contributed by atoms with Crippen LogP contribution in [0, 0.1) is 13.8 Å². The Balaban J connectivity index is 0.00000512. The summed E-state index contributed by atoms with van der Waals surface area (Å²) < 4.78 is 11.5. The fraction of sp³-hybridized carbons (Fsp3) is 0.565. The number of aromatic nitrogens is 1. The topological polar surface area (TPSA) is 71.0 Å². The van der Waals surface area contributed by atoms with Crippen LogP contribution in [-0.4, -0.2) is 62.8 Å². The number of likely N-dealkylation sites (N-methyl/N-ethyl adjacent to an activating group) is 1. The molecule has 2 rings (SSSR count). The Morgan fingerprint density at radius 2 is 1.91 bits per heavy atom. The Labute approximate surface area is 214 Å². The monoisotopic (exact) mass is 575 g/mol. The van der Waals surface area contributed by atoms with E-state index in [-0.39, 0.29) is 24.0 Å². The Morgan fingerprint density at radius 1 is 1.16 bits per heavy atom. The van der Waals surface area contributed by atoms with Gasteiger partial charge in [-0.1, -0.05) is 19.9 Å². The van der Waals surface area contributed by atoms with E-state index in [1.165, 1.54) is 4.88 Å². The summed E-state index contributed by atoms with van der Waals surface area (Å²) in [7, 11) is 3.45. The second kappa shape index (κ2) is 15.3. The van der Waals surface area contributed by atoms with E-state index in [0.29, 0.717) is 13.2 Å². The normalized spacial score (nSPS) is 11.3. The Kier molecular flexibility index (Phi) is 13.6. The van der Waals surface area contributed by atoms with Gasteiger partial charge in [0, 0.05) is 38.0 Å². The highest BCUT2D eigenvalue weighted by molar-refractivity contribution is 14.0. The standard InChI is InChI=1S/C23H37N5O2S.HI/c1-7-28(8-2)13-14-30-20-10-9-19(15-21(20)29-6)16-26-23(24-5)25-12-11-22-27-17(3)18(4)31-22;/h9-10,15H,7-8,11-14,16H2,1-6H3,(H2,24,25,26);1H. The molecule has 0 bridgehead atoms. The van der Waals surface area contributed by atoms with Crippen molar-refractivity contribution < 1.29 is 9.47 Å². The first-order valence-electron chi connectivity index (χ1n) is 10.9. The summed E-state index contributed by atoms with van der Waals surface area (Å²) in [6, 6.07) is 6.03. The van der Waals surface area contributed by atoms with Crippen molar-refractivity contribution in [2.45, 2.75) is 40.7 Å². The van der Waals surface area contributed by atoms with Crippen molar-refractivity contribution in [2.24, 2.45) is 4.99 Å². The summed E-state index contributed by atoms with van der Waals surface area (Å²) in [4.78, 5) is 12.5. The molecule has 0 saturated heterocycles. The fourth-order valence-corrected chi connectivity index (χ4v) is 4.04. The lowest BCUT2D eigenvalue weighted by Crippen LogP contribution is -2.37. The summed E-state index contributed by atoms with van der Waals surface area (Å²) in [5.41, 5.74) is 2.22. The highest BCUT2D eigenvalue weighted by Gasteiger charge is 2.08. The second-order valence-corrected chi connectivity index (χ2v) is 8.50. The van der Waals surface area contributed by atoms with E-state index in [1.54, 1.807) is 25.5 Å². The second-order valence-electron chi connectivity index (χ2n) is 7.21. The van der Waals surface area contributed by atoms with Gasteiger partial charge in [-0.15, -0.1) is 35.3 Å². The maximum absolute atomic E-state index is 5.94. The van der Waals surface area contributed by atoms with Crippen molar-refractivity contribution in [3.05, 3.63) is 39.3 Å². The predicted molar refractivity (Wildman–Crippen MR) is 145 cm³/mol. The zero-order chi connectivity index (χ0) is 22.6. The smallest absolute Gasteiger partial charge is 0.191 e. The number of hydrogen-bond donors (Lipinski definition) is 2. The minimum absolute atomic E-state index is 0. The fourth-order valence-electron chi connectivity index (χ4n) is 3.11. The highest BCUT2D eigenvalue weighted by Crippen LogP contribution is 2.28. The zero-order valence-electron chi connectivity index (χ0n) is 20.2. The largest absolute Gasteiger partial charge is 0.493 e. The van der Waals surface area contributed by atoms with Crippen molar-refractivity contribution in [3.63, 3.8) is 0 Å². The molecule has 0 fully saturated rings. The number of thiazole rings is 1. The minimum atomic E-state index is 0. The molecule has 0 spiro atoms. The molecule has 32 heavy (non-hydrogen) atoms. The number of guanidine groups is 1. The molecule has 0 amide bonds. The number of aryl methyl sites for hydroxylation is 2. The van der Waals surface area contributed by atoms with Gasteiger partial charge in [0.1, 0.15) is 6.61 Å². The molecule has 0 radical (unpaired) electrons. The van der Waals surface area contributed by atoms with E-state index in [0.717, 1.165) is 66.3 Å². The van der Waals surface area contributed by atoms with Crippen molar-refractivity contribution in [2.75, 3.05) is 46.9 Å². The van der Waals surface area contributed by atoms with Crippen molar-refractivity contribution in [1.82, 2.24) is 20.5 Å². The zero-order valence-corrected chi connectivity index (χ0v) is 23.3. The van der Waals surface area contributed by atoms with E-state index in [9.17, 15) is 0 Å². The molecule has 180 valence electrons. The number of aliphatic imine (C=N–C) groups is 1. The third kappa shape index (κ3) is 9.11. The Morgan fingerprint density at radius 3 is 2.50 bits per heavy atom. The van der Waals surface area contributed by atoms with Gasteiger partial charge in [0.15, 0.2) is 17.5 Å². The minimum Gasteiger partial charge on any atom is -0.493 e. The van der Waals surface area contributed by atoms with Crippen LogP contribution in [0.2, 0.25) is 0 Å². The molecule has 1 heterocycles. The van der Waals surface area contributed by atoms with Gasteiger partial charge in [-0.05, 0) is 44.6 Å². The van der Waals surface area contributed by atoms with Crippen LogP contribution in [0.15, 0.2) is 23.2 Å². The van der Waals surface area contributed by atoms with Crippen LogP contribution in [0.3, 0.4) is 0 Å². The van der Waals surface area contributed by atoms with Crippen LogP contribution in [0.1, 0.15) is 35.0 Å². The highest BCUT2D eigenvalue weighted by atomic mass is 127. The van der Waals surface area contributed by atoms with E-state index in [4.69, 9.17) is 9.47 Å². The number of nitrogens with zero attached hydrogens (tertiary/aromatic N) is 3. The van der Waals surface area contributed by atoms with Gasteiger partial charge in [0.2, 0.25) is 0 Å². The lowest BCUT2D eigenvalue weighted by atomic mass is 10.2. The first-order valence-corrected chi connectivity index (χ1v) is 11.7. The van der Waals surface area contributed by atoms with Crippen LogP contribution < -0.4 is 20.1 Å². The third-order valence-electron chi connectivity index (χ3n) is 5.18. The van der Waals surface area contributed by atoms with E-state index >= 15 is 0 Å². The molecule has 9 heteroatoms. The molecule has 0 aliphatic heterocycles. The first kappa shape index (κ1) is 28.4. The van der Waals surface area contributed by atoms with Gasteiger partial charge in [-0.25, -0.2) is 4.98 Å². The van der Waals surface area contributed by atoms with Crippen molar-refractivity contribution in [1.29, 1.82) is 0 Å². The molecule has 0 atom stereocenters. The van der Waals surface area contributed by atoms with Crippen LogP contribution in [0.5, 0.6) is 11.5 Å². The van der Waals surface area contributed by atoms with Gasteiger partial charge in [-0.2, -0.15) is 0 Å². The molecular weight excluding hydrogens is 537 g/mol. The van der Waals surface area contributed by atoms with Crippen molar-refractivity contribution >= 4 is 41.3 Å². The summed E-state index contributed by atoms with van der Waals surface area (Å²) in [6.07, 6.45) is 0.882. The lowest BCUT2D eigenvalue weighted by Gasteiger charge is -2.19. The van der Waals surface area contributed by atoms with Crippen LogP contribution in [-0.2, 0) is 13.0 Å².